The number of aliphatic hydroxyl groups excluding tert-OH is 1. The summed E-state index contributed by atoms with van der Waals surface area (Å²) in [5, 5.41) is 10.7. The lowest BCUT2D eigenvalue weighted by Gasteiger charge is -2.07. The maximum absolute atomic E-state index is 9.43. The Balaban J connectivity index is 2.39. The fourth-order valence-corrected chi connectivity index (χ4v) is 2.20. The molecule has 88 valence electrons. The highest BCUT2D eigenvalue weighted by atomic mass is 35.5. The predicted octanol–water partition coefficient (Wildman–Crippen LogP) is 4.71. The minimum atomic E-state index is -0.452. The van der Waals surface area contributed by atoms with Gasteiger partial charge in [-0.3, -0.25) is 0 Å². The van der Waals surface area contributed by atoms with Gasteiger partial charge in [-0.25, -0.2) is 0 Å². The molecule has 0 amide bonds. The highest BCUT2D eigenvalue weighted by Gasteiger charge is 2.03. The Morgan fingerprint density at radius 3 is 1.88 bits per heavy atom. The highest BCUT2D eigenvalue weighted by molar-refractivity contribution is 6.35. The van der Waals surface area contributed by atoms with Crippen molar-refractivity contribution in [3.05, 3.63) is 58.1 Å². The first-order valence-corrected chi connectivity index (χ1v) is 6.06. The van der Waals surface area contributed by atoms with Crippen molar-refractivity contribution in [3.8, 4) is 11.1 Å². The fourth-order valence-electron chi connectivity index (χ4n) is 1.67. The molecule has 2 rings (SSSR count). The Morgan fingerprint density at radius 1 is 0.882 bits per heavy atom. The van der Waals surface area contributed by atoms with E-state index >= 15 is 0 Å². The Hall–Kier alpha value is -1.02. The lowest BCUT2D eigenvalue weighted by molar-refractivity contribution is 0.199. The molecule has 17 heavy (non-hydrogen) atoms. The van der Waals surface area contributed by atoms with Crippen molar-refractivity contribution in [3.63, 3.8) is 0 Å². The van der Waals surface area contributed by atoms with Crippen LogP contribution in [0.25, 0.3) is 11.1 Å². The van der Waals surface area contributed by atoms with Crippen LogP contribution in [-0.2, 0) is 0 Å². The van der Waals surface area contributed by atoms with Gasteiger partial charge in [-0.2, -0.15) is 0 Å². The highest BCUT2D eigenvalue weighted by Crippen LogP contribution is 2.28. The van der Waals surface area contributed by atoms with Gasteiger partial charge in [0, 0.05) is 10.0 Å². The van der Waals surface area contributed by atoms with Gasteiger partial charge in [-0.1, -0.05) is 47.5 Å². The summed E-state index contributed by atoms with van der Waals surface area (Å²) < 4.78 is 0. The van der Waals surface area contributed by atoms with Crippen LogP contribution in [-0.4, -0.2) is 5.11 Å². The Labute approximate surface area is 111 Å². The first-order chi connectivity index (χ1) is 8.06. The van der Waals surface area contributed by atoms with Crippen molar-refractivity contribution in [2.24, 2.45) is 0 Å². The van der Waals surface area contributed by atoms with Crippen LogP contribution < -0.4 is 0 Å². The molecule has 0 aliphatic rings. The molecule has 0 aliphatic heterocycles. The molecule has 0 radical (unpaired) electrons. The Morgan fingerprint density at radius 2 is 1.41 bits per heavy atom. The van der Waals surface area contributed by atoms with Crippen LogP contribution >= 0.6 is 23.2 Å². The molecule has 2 aromatic carbocycles. The molecule has 0 fully saturated rings. The van der Waals surface area contributed by atoms with Crippen LogP contribution in [0.1, 0.15) is 18.6 Å². The number of halogens is 2. The van der Waals surface area contributed by atoms with Crippen molar-refractivity contribution in [1.82, 2.24) is 0 Å². The zero-order chi connectivity index (χ0) is 12.4. The second-order valence-electron chi connectivity index (χ2n) is 3.96. The molecule has 0 spiro atoms. The minimum absolute atomic E-state index is 0.452. The summed E-state index contributed by atoms with van der Waals surface area (Å²) in [4.78, 5) is 0. The largest absolute Gasteiger partial charge is 0.389 e. The van der Waals surface area contributed by atoms with Crippen LogP contribution in [0.5, 0.6) is 0 Å². The number of aliphatic hydroxyl groups is 1. The molecule has 0 bridgehead atoms. The van der Waals surface area contributed by atoms with Crippen LogP contribution in [0.4, 0.5) is 0 Å². The molecule has 0 heterocycles. The van der Waals surface area contributed by atoms with Gasteiger partial charge in [0.05, 0.1) is 6.10 Å². The van der Waals surface area contributed by atoms with Crippen molar-refractivity contribution in [2.45, 2.75) is 13.0 Å². The summed E-state index contributed by atoms with van der Waals surface area (Å²) in [6.45, 7) is 1.74. The summed E-state index contributed by atoms with van der Waals surface area (Å²) in [7, 11) is 0. The zero-order valence-electron chi connectivity index (χ0n) is 9.32. The summed E-state index contributed by atoms with van der Waals surface area (Å²) >= 11 is 11.9. The van der Waals surface area contributed by atoms with E-state index in [0.29, 0.717) is 10.0 Å². The molecule has 0 aromatic heterocycles. The van der Waals surface area contributed by atoms with Gasteiger partial charge < -0.3 is 5.11 Å². The van der Waals surface area contributed by atoms with Crippen molar-refractivity contribution in [2.75, 3.05) is 0 Å². The first-order valence-electron chi connectivity index (χ1n) is 5.31. The molecule has 1 nitrogen and oxygen atoms in total. The van der Waals surface area contributed by atoms with E-state index in [-0.39, 0.29) is 0 Å². The smallest absolute Gasteiger partial charge is 0.0761 e. The lowest BCUT2D eigenvalue weighted by atomic mass is 10.0. The standard InChI is InChI=1S/C14H12Cl2O/c1-9(17)10-2-4-11(5-3-10)12-6-13(15)8-14(16)7-12/h2-9,17H,1H3. The summed E-state index contributed by atoms with van der Waals surface area (Å²) in [6.07, 6.45) is -0.452. The third kappa shape index (κ3) is 3.01. The van der Waals surface area contributed by atoms with Crippen molar-refractivity contribution >= 4 is 23.2 Å². The van der Waals surface area contributed by atoms with Gasteiger partial charge in [0.1, 0.15) is 0 Å². The molecule has 1 N–H and O–H groups in total. The van der Waals surface area contributed by atoms with E-state index < -0.39 is 6.10 Å². The van der Waals surface area contributed by atoms with Gasteiger partial charge in [0.25, 0.3) is 0 Å². The van der Waals surface area contributed by atoms with Crippen LogP contribution in [0.2, 0.25) is 10.0 Å². The minimum Gasteiger partial charge on any atom is -0.389 e. The molecule has 0 aliphatic carbocycles. The molecule has 1 atom stereocenters. The lowest BCUT2D eigenvalue weighted by Crippen LogP contribution is -1.90. The monoisotopic (exact) mass is 266 g/mol. The average molecular weight is 267 g/mol. The SMILES string of the molecule is CC(O)c1ccc(-c2cc(Cl)cc(Cl)c2)cc1. The molecule has 2 aromatic rings. The second kappa shape index (κ2) is 5.09. The van der Waals surface area contributed by atoms with Crippen LogP contribution in [0, 0.1) is 0 Å². The number of benzene rings is 2. The third-order valence-corrected chi connectivity index (χ3v) is 3.03. The second-order valence-corrected chi connectivity index (χ2v) is 4.83. The zero-order valence-corrected chi connectivity index (χ0v) is 10.8. The molecule has 0 saturated carbocycles. The number of hydrogen-bond donors (Lipinski definition) is 1. The molecule has 3 heteroatoms. The first kappa shape index (κ1) is 12.4. The Kier molecular flexibility index (Phi) is 3.72. The van der Waals surface area contributed by atoms with E-state index in [4.69, 9.17) is 23.2 Å². The fraction of sp³-hybridized carbons (Fsp3) is 0.143. The third-order valence-electron chi connectivity index (χ3n) is 2.59. The molecular formula is C14H12Cl2O. The maximum Gasteiger partial charge on any atom is 0.0761 e. The van der Waals surface area contributed by atoms with Gasteiger partial charge in [-0.15, -0.1) is 0 Å². The van der Waals surface area contributed by atoms with E-state index in [1.165, 1.54) is 0 Å². The predicted molar refractivity (Wildman–Crippen MR) is 72.5 cm³/mol. The quantitative estimate of drug-likeness (QED) is 0.835. The van der Waals surface area contributed by atoms with E-state index in [1.807, 2.05) is 36.4 Å². The van der Waals surface area contributed by atoms with Crippen molar-refractivity contribution in [1.29, 1.82) is 0 Å². The summed E-state index contributed by atoms with van der Waals surface area (Å²) in [6, 6.07) is 13.1. The topological polar surface area (TPSA) is 20.2 Å². The van der Waals surface area contributed by atoms with Gasteiger partial charge in [0.2, 0.25) is 0 Å². The summed E-state index contributed by atoms with van der Waals surface area (Å²) in [5.41, 5.74) is 2.89. The number of rotatable bonds is 2. The van der Waals surface area contributed by atoms with E-state index in [2.05, 4.69) is 0 Å². The van der Waals surface area contributed by atoms with Crippen LogP contribution in [0.3, 0.4) is 0 Å². The van der Waals surface area contributed by atoms with E-state index in [9.17, 15) is 5.11 Å². The van der Waals surface area contributed by atoms with E-state index in [0.717, 1.165) is 16.7 Å². The molecule has 1 unspecified atom stereocenters. The van der Waals surface area contributed by atoms with E-state index in [1.54, 1.807) is 13.0 Å². The van der Waals surface area contributed by atoms with Crippen LogP contribution in [0.15, 0.2) is 42.5 Å². The Bertz CT molecular complexity index is 498. The van der Waals surface area contributed by atoms with Gasteiger partial charge in [0.15, 0.2) is 0 Å². The van der Waals surface area contributed by atoms with Gasteiger partial charge in [-0.05, 0) is 41.8 Å². The average Bonchev–Trinajstić information content (AvgIpc) is 2.28. The van der Waals surface area contributed by atoms with Crippen molar-refractivity contribution < 1.29 is 5.11 Å². The summed E-state index contributed by atoms with van der Waals surface area (Å²) in [5.74, 6) is 0. The maximum atomic E-state index is 9.43. The molecular weight excluding hydrogens is 255 g/mol. The normalized spacial score (nSPS) is 12.5. The number of hydrogen-bond acceptors (Lipinski definition) is 1. The molecule has 0 saturated heterocycles. The van der Waals surface area contributed by atoms with Gasteiger partial charge >= 0.3 is 0 Å².